The Morgan fingerprint density at radius 1 is 1.03 bits per heavy atom. The topological polar surface area (TPSA) is 77.4 Å². The molecule has 0 bridgehead atoms. The molecule has 0 atom stereocenters. The molecule has 7 heteroatoms. The first-order chi connectivity index (χ1) is 14.0. The molecule has 2 aromatic rings. The van der Waals surface area contributed by atoms with Crippen LogP contribution in [0.25, 0.3) is 6.08 Å². The summed E-state index contributed by atoms with van der Waals surface area (Å²) < 4.78 is 15.4. The fourth-order valence-corrected chi connectivity index (χ4v) is 3.65. The van der Waals surface area contributed by atoms with Gasteiger partial charge in [0, 0.05) is 0 Å². The van der Waals surface area contributed by atoms with Crippen LogP contribution in [0.3, 0.4) is 0 Å². The van der Waals surface area contributed by atoms with Gasteiger partial charge in [0.2, 0.25) is 0 Å². The van der Waals surface area contributed by atoms with E-state index in [4.69, 9.17) is 14.2 Å². The van der Waals surface area contributed by atoms with Crippen LogP contribution in [0, 0.1) is 0 Å². The summed E-state index contributed by atoms with van der Waals surface area (Å²) in [5.74, 6) is 0.691. The maximum absolute atomic E-state index is 12.4. The third-order valence-corrected chi connectivity index (χ3v) is 5.11. The van der Waals surface area contributed by atoms with Crippen LogP contribution in [0.15, 0.2) is 69.8 Å². The van der Waals surface area contributed by atoms with E-state index in [1.807, 2.05) is 24.3 Å². The second-order valence-corrected chi connectivity index (χ2v) is 6.97. The standard InChI is InChI=1S/C22H21NO5S/c1-4-28-22(25)19-20(24)18(13-14-5-9-16(26-2)10-6-14)29-21(19)23-15-7-11-17(27-3)12-8-15/h5-13,24H,4H2,1-3H3/b18-13-,23-21?. The highest BCUT2D eigenvalue weighted by Crippen LogP contribution is 2.40. The van der Waals surface area contributed by atoms with Crippen molar-refractivity contribution in [2.45, 2.75) is 6.92 Å². The van der Waals surface area contributed by atoms with Gasteiger partial charge >= 0.3 is 5.97 Å². The number of carbonyl (C=O) groups excluding carboxylic acids is 1. The van der Waals surface area contributed by atoms with E-state index in [-0.39, 0.29) is 17.9 Å². The van der Waals surface area contributed by atoms with Crippen LogP contribution in [-0.4, -0.2) is 36.9 Å². The molecule has 0 radical (unpaired) electrons. The number of aliphatic imine (C=N–C) groups is 1. The van der Waals surface area contributed by atoms with Crippen molar-refractivity contribution >= 4 is 34.5 Å². The Morgan fingerprint density at radius 3 is 2.17 bits per heavy atom. The van der Waals surface area contributed by atoms with Gasteiger partial charge in [0.05, 0.1) is 31.4 Å². The van der Waals surface area contributed by atoms with E-state index >= 15 is 0 Å². The molecule has 0 aliphatic carbocycles. The number of thioether (sulfide) groups is 1. The molecule has 2 aromatic carbocycles. The number of esters is 1. The molecule has 6 nitrogen and oxygen atoms in total. The molecule has 0 saturated carbocycles. The van der Waals surface area contributed by atoms with Gasteiger partial charge in [-0.1, -0.05) is 23.9 Å². The Hall–Kier alpha value is -3.19. The number of aliphatic hydroxyl groups excluding tert-OH is 1. The SMILES string of the molecule is CCOC(=O)C1=C(O)/C(=C/c2ccc(OC)cc2)SC1=Nc1ccc(OC)cc1. The lowest BCUT2D eigenvalue weighted by molar-refractivity contribution is -0.138. The lowest BCUT2D eigenvalue weighted by Gasteiger charge is -2.04. The summed E-state index contributed by atoms with van der Waals surface area (Å²) in [6, 6.07) is 14.5. The fourth-order valence-electron chi connectivity index (χ4n) is 2.62. The highest BCUT2D eigenvalue weighted by atomic mass is 32.2. The summed E-state index contributed by atoms with van der Waals surface area (Å²) in [7, 11) is 3.19. The first-order valence-corrected chi connectivity index (χ1v) is 9.74. The molecule has 1 N–H and O–H groups in total. The average Bonchev–Trinajstić information content (AvgIpc) is 3.04. The number of methoxy groups -OCH3 is 2. The van der Waals surface area contributed by atoms with Gasteiger partial charge in [-0.2, -0.15) is 0 Å². The maximum Gasteiger partial charge on any atom is 0.344 e. The average molecular weight is 411 g/mol. The van der Waals surface area contributed by atoms with Gasteiger partial charge in [-0.15, -0.1) is 0 Å². The van der Waals surface area contributed by atoms with Crippen molar-refractivity contribution in [3.05, 3.63) is 70.3 Å². The van der Waals surface area contributed by atoms with Crippen molar-refractivity contribution in [3.63, 3.8) is 0 Å². The van der Waals surface area contributed by atoms with Gasteiger partial charge in [0.25, 0.3) is 0 Å². The highest BCUT2D eigenvalue weighted by Gasteiger charge is 2.33. The van der Waals surface area contributed by atoms with Crippen molar-refractivity contribution in [3.8, 4) is 11.5 Å². The van der Waals surface area contributed by atoms with Gasteiger partial charge in [0.15, 0.2) is 0 Å². The lowest BCUT2D eigenvalue weighted by atomic mass is 10.1. The molecule has 0 amide bonds. The van der Waals surface area contributed by atoms with Crippen molar-refractivity contribution in [1.29, 1.82) is 0 Å². The normalized spacial score (nSPS) is 16.4. The number of aliphatic hydroxyl groups is 1. The number of hydrogen-bond donors (Lipinski definition) is 1. The van der Waals surface area contributed by atoms with E-state index in [2.05, 4.69) is 4.99 Å². The second-order valence-electron chi connectivity index (χ2n) is 5.94. The van der Waals surface area contributed by atoms with Crippen LogP contribution >= 0.6 is 11.8 Å². The number of rotatable bonds is 6. The minimum atomic E-state index is -0.608. The first-order valence-electron chi connectivity index (χ1n) is 8.93. The predicted octanol–water partition coefficient (Wildman–Crippen LogP) is 4.90. The summed E-state index contributed by atoms with van der Waals surface area (Å²) in [6.07, 6.45) is 1.79. The van der Waals surface area contributed by atoms with Crippen molar-refractivity contribution in [2.24, 2.45) is 4.99 Å². The second kappa shape index (κ2) is 9.34. The van der Waals surface area contributed by atoms with Gasteiger partial charge in [-0.3, -0.25) is 0 Å². The molecule has 1 heterocycles. The number of benzene rings is 2. The minimum Gasteiger partial charge on any atom is -0.506 e. The minimum absolute atomic E-state index is 0.0624. The van der Waals surface area contributed by atoms with Crippen molar-refractivity contribution < 1.29 is 24.1 Å². The van der Waals surface area contributed by atoms with E-state index in [0.29, 0.717) is 21.4 Å². The van der Waals surface area contributed by atoms with Crippen LogP contribution in [0.5, 0.6) is 11.5 Å². The molecule has 1 aliphatic rings. The Kier molecular flexibility index (Phi) is 6.61. The molecule has 3 rings (SSSR count). The van der Waals surface area contributed by atoms with Crippen molar-refractivity contribution in [1.82, 2.24) is 0 Å². The van der Waals surface area contributed by atoms with E-state index in [1.54, 1.807) is 51.5 Å². The molecule has 1 aliphatic heterocycles. The van der Waals surface area contributed by atoms with E-state index in [9.17, 15) is 9.90 Å². The molecule has 0 saturated heterocycles. The van der Waals surface area contributed by atoms with Crippen LogP contribution in [0.2, 0.25) is 0 Å². The van der Waals surface area contributed by atoms with E-state index in [1.165, 1.54) is 11.8 Å². The molecule has 0 spiro atoms. The van der Waals surface area contributed by atoms with Crippen LogP contribution in [0.1, 0.15) is 12.5 Å². The molecule has 0 aromatic heterocycles. The summed E-state index contributed by atoms with van der Waals surface area (Å²) in [5, 5.41) is 11.1. The summed E-state index contributed by atoms with van der Waals surface area (Å²) in [5.41, 5.74) is 1.55. The van der Waals surface area contributed by atoms with Crippen LogP contribution in [-0.2, 0) is 9.53 Å². The Morgan fingerprint density at radius 2 is 1.62 bits per heavy atom. The van der Waals surface area contributed by atoms with E-state index < -0.39 is 5.97 Å². The maximum atomic E-state index is 12.4. The van der Waals surface area contributed by atoms with Gasteiger partial charge < -0.3 is 19.3 Å². The summed E-state index contributed by atoms with van der Waals surface area (Å²) in [6.45, 7) is 1.92. The molecular weight excluding hydrogens is 390 g/mol. The monoisotopic (exact) mass is 411 g/mol. The Balaban J connectivity index is 1.98. The molecule has 29 heavy (non-hydrogen) atoms. The number of carbonyl (C=O) groups is 1. The first kappa shape index (κ1) is 20.5. The molecule has 150 valence electrons. The van der Waals surface area contributed by atoms with Gasteiger partial charge in [-0.05, 0) is 55.0 Å². The smallest absolute Gasteiger partial charge is 0.344 e. The highest BCUT2D eigenvalue weighted by molar-refractivity contribution is 8.18. The molecular formula is C22H21NO5S. The largest absolute Gasteiger partial charge is 0.506 e. The summed E-state index contributed by atoms with van der Waals surface area (Å²) >= 11 is 1.21. The quantitative estimate of drug-likeness (QED) is 0.682. The summed E-state index contributed by atoms with van der Waals surface area (Å²) in [4.78, 5) is 17.5. The lowest BCUT2D eigenvalue weighted by Crippen LogP contribution is -2.12. The third kappa shape index (κ3) is 4.81. The van der Waals surface area contributed by atoms with Gasteiger partial charge in [-0.25, -0.2) is 9.79 Å². The van der Waals surface area contributed by atoms with Gasteiger partial charge in [0.1, 0.15) is 27.9 Å². The Bertz CT molecular complexity index is 975. The number of ether oxygens (including phenoxy) is 3. The number of nitrogens with zero attached hydrogens (tertiary/aromatic N) is 1. The van der Waals surface area contributed by atoms with Crippen LogP contribution in [0.4, 0.5) is 5.69 Å². The van der Waals surface area contributed by atoms with Crippen LogP contribution < -0.4 is 9.47 Å². The predicted molar refractivity (Wildman–Crippen MR) is 115 cm³/mol. The molecule has 0 fully saturated rings. The zero-order valence-corrected chi connectivity index (χ0v) is 17.2. The zero-order valence-electron chi connectivity index (χ0n) is 16.3. The Labute approximate surface area is 173 Å². The molecule has 0 unspecified atom stereocenters. The third-order valence-electron chi connectivity index (χ3n) is 4.09. The number of hydrogen-bond acceptors (Lipinski definition) is 7. The van der Waals surface area contributed by atoms with Crippen molar-refractivity contribution in [2.75, 3.05) is 20.8 Å². The van der Waals surface area contributed by atoms with E-state index in [0.717, 1.165) is 11.3 Å². The fraction of sp³-hybridized carbons (Fsp3) is 0.182. The zero-order chi connectivity index (χ0) is 20.8.